The molecular formula is C13H20N6. The summed E-state index contributed by atoms with van der Waals surface area (Å²) < 4.78 is 3.96. The Balaban J connectivity index is 1.96. The van der Waals surface area contributed by atoms with Crippen LogP contribution in [-0.2, 0) is 7.05 Å². The highest BCUT2D eigenvalue weighted by Crippen LogP contribution is 2.26. The molecule has 6 heteroatoms. The van der Waals surface area contributed by atoms with Crippen LogP contribution in [0.15, 0.2) is 12.4 Å². The van der Waals surface area contributed by atoms with Crippen LogP contribution >= 0.6 is 0 Å². The Morgan fingerprint density at radius 2 is 2.16 bits per heavy atom. The molecule has 2 aromatic heterocycles. The van der Waals surface area contributed by atoms with E-state index < -0.39 is 0 Å². The standard InChI is InChI=1S/C13H20N6/c1-10-7-12(18(3)16-10)19-9-14-15-13(19)11-5-4-6-17(2)8-11/h7,9,11H,4-6,8H2,1-3H3/t11-/m0/s1. The third-order valence-corrected chi connectivity index (χ3v) is 3.79. The monoisotopic (exact) mass is 260 g/mol. The van der Waals surface area contributed by atoms with E-state index in [1.54, 1.807) is 6.33 Å². The summed E-state index contributed by atoms with van der Waals surface area (Å²) in [4.78, 5) is 2.36. The Bertz CT molecular complexity index is 569. The molecule has 1 fully saturated rings. The molecule has 1 atom stereocenters. The van der Waals surface area contributed by atoms with E-state index in [0.29, 0.717) is 5.92 Å². The first-order valence-corrected chi connectivity index (χ1v) is 6.74. The van der Waals surface area contributed by atoms with Crippen molar-refractivity contribution in [3.63, 3.8) is 0 Å². The zero-order valence-electron chi connectivity index (χ0n) is 11.7. The normalized spacial score (nSPS) is 20.9. The lowest BCUT2D eigenvalue weighted by molar-refractivity contribution is 0.244. The fourth-order valence-electron chi connectivity index (χ4n) is 2.90. The summed E-state index contributed by atoms with van der Waals surface area (Å²) in [5, 5.41) is 12.8. The van der Waals surface area contributed by atoms with Crippen LogP contribution in [0.2, 0.25) is 0 Å². The first-order valence-electron chi connectivity index (χ1n) is 6.74. The van der Waals surface area contributed by atoms with Gasteiger partial charge in [-0.2, -0.15) is 5.10 Å². The molecule has 0 spiro atoms. The number of aryl methyl sites for hydroxylation is 2. The van der Waals surface area contributed by atoms with Crippen LogP contribution in [0.3, 0.4) is 0 Å². The SMILES string of the molecule is Cc1cc(-n2cnnc2[C@H]2CCCN(C)C2)n(C)n1. The summed E-state index contributed by atoms with van der Waals surface area (Å²) in [6.45, 7) is 4.23. The summed E-state index contributed by atoms with van der Waals surface area (Å²) >= 11 is 0. The van der Waals surface area contributed by atoms with Gasteiger partial charge < -0.3 is 4.90 Å². The third-order valence-electron chi connectivity index (χ3n) is 3.79. The van der Waals surface area contributed by atoms with Crippen LogP contribution in [0.5, 0.6) is 0 Å². The average Bonchev–Trinajstić information content (AvgIpc) is 2.95. The van der Waals surface area contributed by atoms with Gasteiger partial charge in [-0.05, 0) is 33.4 Å². The van der Waals surface area contributed by atoms with Crippen LogP contribution in [0.1, 0.15) is 30.3 Å². The number of rotatable bonds is 2. The van der Waals surface area contributed by atoms with E-state index in [1.165, 1.54) is 19.4 Å². The Labute approximate surface area is 113 Å². The second kappa shape index (κ2) is 4.77. The zero-order valence-corrected chi connectivity index (χ0v) is 11.7. The van der Waals surface area contributed by atoms with E-state index in [4.69, 9.17) is 0 Å². The Morgan fingerprint density at radius 1 is 1.32 bits per heavy atom. The van der Waals surface area contributed by atoms with Crippen molar-refractivity contribution in [1.29, 1.82) is 0 Å². The van der Waals surface area contributed by atoms with E-state index >= 15 is 0 Å². The van der Waals surface area contributed by atoms with Crippen molar-refractivity contribution >= 4 is 0 Å². The highest BCUT2D eigenvalue weighted by Gasteiger charge is 2.24. The van der Waals surface area contributed by atoms with Gasteiger partial charge in [-0.25, -0.2) is 0 Å². The van der Waals surface area contributed by atoms with Crippen molar-refractivity contribution in [2.24, 2.45) is 7.05 Å². The Kier molecular flexibility index (Phi) is 3.10. The van der Waals surface area contributed by atoms with Crippen molar-refractivity contribution in [3.05, 3.63) is 23.9 Å². The summed E-state index contributed by atoms with van der Waals surface area (Å²) in [5.74, 6) is 2.54. The van der Waals surface area contributed by atoms with Gasteiger partial charge in [0.15, 0.2) is 0 Å². The molecule has 19 heavy (non-hydrogen) atoms. The van der Waals surface area contributed by atoms with Gasteiger partial charge in [0, 0.05) is 25.6 Å². The minimum Gasteiger partial charge on any atom is -0.306 e. The molecule has 6 nitrogen and oxygen atoms in total. The second-order valence-electron chi connectivity index (χ2n) is 5.43. The fourth-order valence-corrected chi connectivity index (χ4v) is 2.90. The Morgan fingerprint density at radius 3 is 2.84 bits per heavy atom. The van der Waals surface area contributed by atoms with Crippen LogP contribution in [0.25, 0.3) is 5.82 Å². The number of piperidine rings is 1. The molecule has 102 valence electrons. The molecule has 0 aliphatic carbocycles. The summed E-state index contributed by atoms with van der Waals surface area (Å²) in [6.07, 6.45) is 4.19. The molecule has 1 aliphatic heterocycles. The number of hydrogen-bond acceptors (Lipinski definition) is 4. The Hall–Kier alpha value is -1.69. The van der Waals surface area contributed by atoms with Gasteiger partial charge in [0.05, 0.1) is 5.69 Å². The topological polar surface area (TPSA) is 51.8 Å². The largest absolute Gasteiger partial charge is 0.306 e. The van der Waals surface area contributed by atoms with Crippen molar-refractivity contribution in [1.82, 2.24) is 29.4 Å². The maximum atomic E-state index is 4.40. The van der Waals surface area contributed by atoms with Crippen molar-refractivity contribution in [2.75, 3.05) is 20.1 Å². The van der Waals surface area contributed by atoms with Crippen LogP contribution < -0.4 is 0 Å². The van der Waals surface area contributed by atoms with Crippen molar-refractivity contribution in [3.8, 4) is 5.82 Å². The molecule has 1 aliphatic rings. The van der Waals surface area contributed by atoms with Crippen LogP contribution in [-0.4, -0.2) is 49.6 Å². The minimum absolute atomic E-state index is 0.455. The van der Waals surface area contributed by atoms with Gasteiger partial charge in [-0.15, -0.1) is 10.2 Å². The first kappa shape index (κ1) is 12.3. The zero-order chi connectivity index (χ0) is 13.4. The van der Waals surface area contributed by atoms with Crippen molar-refractivity contribution < 1.29 is 0 Å². The van der Waals surface area contributed by atoms with E-state index in [9.17, 15) is 0 Å². The molecule has 1 saturated heterocycles. The van der Waals surface area contributed by atoms with Crippen LogP contribution in [0, 0.1) is 6.92 Å². The molecule has 0 unspecified atom stereocenters. The number of likely N-dealkylation sites (tertiary alicyclic amines) is 1. The lowest BCUT2D eigenvalue weighted by Crippen LogP contribution is -2.32. The third kappa shape index (κ3) is 2.28. The fraction of sp³-hybridized carbons (Fsp3) is 0.615. The van der Waals surface area contributed by atoms with Gasteiger partial charge in [0.2, 0.25) is 0 Å². The number of aromatic nitrogens is 5. The van der Waals surface area contributed by atoms with Gasteiger partial charge in [0.1, 0.15) is 18.0 Å². The van der Waals surface area contributed by atoms with Gasteiger partial charge in [-0.1, -0.05) is 0 Å². The van der Waals surface area contributed by atoms with E-state index in [2.05, 4.69) is 37.9 Å². The maximum absolute atomic E-state index is 4.40. The minimum atomic E-state index is 0.455. The lowest BCUT2D eigenvalue weighted by Gasteiger charge is -2.29. The highest BCUT2D eigenvalue weighted by atomic mass is 15.4. The maximum Gasteiger partial charge on any atom is 0.142 e. The molecular weight excluding hydrogens is 240 g/mol. The molecule has 3 heterocycles. The molecule has 0 amide bonds. The number of likely N-dealkylation sites (N-methyl/N-ethyl adjacent to an activating group) is 1. The predicted octanol–water partition coefficient (Wildman–Crippen LogP) is 1.12. The second-order valence-corrected chi connectivity index (χ2v) is 5.43. The summed E-state index contributed by atoms with van der Waals surface area (Å²) in [5.41, 5.74) is 1.01. The number of nitrogens with zero attached hydrogens (tertiary/aromatic N) is 6. The highest BCUT2D eigenvalue weighted by molar-refractivity contribution is 5.27. The summed E-state index contributed by atoms with van der Waals surface area (Å²) in [7, 11) is 4.13. The molecule has 0 bridgehead atoms. The summed E-state index contributed by atoms with van der Waals surface area (Å²) in [6, 6.07) is 2.07. The first-order chi connectivity index (χ1) is 9.15. The van der Waals surface area contributed by atoms with E-state index in [0.717, 1.165) is 23.9 Å². The van der Waals surface area contributed by atoms with E-state index in [-0.39, 0.29) is 0 Å². The molecule has 0 N–H and O–H groups in total. The molecule has 2 aromatic rings. The van der Waals surface area contributed by atoms with E-state index in [1.807, 2.05) is 18.7 Å². The average molecular weight is 260 g/mol. The van der Waals surface area contributed by atoms with Gasteiger partial charge >= 0.3 is 0 Å². The predicted molar refractivity (Wildman–Crippen MR) is 72.3 cm³/mol. The smallest absolute Gasteiger partial charge is 0.142 e. The van der Waals surface area contributed by atoms with Gasteiger partial charge in [0.25, 0.3) is 0 Å². The molecule has 0 radical (unpaired) electrons. The molecule has 0 aromatic carbocycles. The van der Waals surface area contributed by atoms with Crippen molar-refractivity contribution in [2.45, 2.75) is 25.7 Å². The van der Waals surface area contributed by atoms with Crippen LogP contribution in [0.4, 0.5) is 0 Å². The quantitative estimate of drug-likeness (QED) is 0.812. The van der Waals surface area contributed by atoms with Gasteiger partial charge in [-0.3, -0.25) is 9.25 Å². The lowest BCUT2D eigenvalue weighted by atomic mass is 9.97. The molecule has 0 saturated carbocycles. The number of hydrogen-bond donors (Lipinski definition) is 0. The molecule has 3 rings (SSSR count).